The number of aromatic nitrogens is 1. The molecule has 1 aliphatic rings. The topological polar surface area (TPSA) is 42.1 Å². The third kappa shape index (κ3) is 3.28. The molecule has 1 saturated heterocycles. The van der Waals surface area contributed by atoms with Crippen LogP contribution in [0.2, 0.25) is 5.02 Å². The minimum Gasteiger partial charge on any atom is -0.507 e. The summed E-state index contributed by atoms with van der Waals surface area (Å²) in [4.78, 5) is 7.14. The van der Waals surface area contributed by atoms with Crippen LogP contribution in [0.25, 0.3) is 10.8 Å². The molecule has 128 valence electrons. The number of pyridine rings is 1. The highest BCUT2D eigenvalue weighted by Crippen LogP contribution is 2.33. The Morgan fingerprint density at radius 2 is 1.76 bits per heavy atom. The second kappa shape index (κ2) is 6.90. The average molecular weight is 356 g/mol. The van der Waals surface area contributed by atoms with Crippen molar-refractivity contribution in [3.8, 4) is 5.75 Å². The first-order valence-electron chi connectivity index (χ1n) is 8.66. The van der Waals surface area contributed by atoms with Gasteiger partial charge in [0.05, 0.1) is 11.8 Å². The summed E-state index contributed by atoms with van der Waals surface area (Å²) in [7, 11) is 0. The number of phenols is 1. The Labute approximate surface area is 152 Å². The molecule has 5 heteroatoms. The molecule has 1 aromatic heterocycles. The first-order valence-corrected chi connectivity index (χ1v) is 9.04. The van der Waals surface area contributed by atoms with E-state index >= 15 is 0 Å². The van der Waals surface area contributed by atoms with Gasteiger partial charge >= 0.3 is 0 Å². The largest absolute Gasteiger partial charge is 0.507 e. The Hall–Kier alpha value is -2.30. The molecule has 2 heterocycles. The van der Waals surface area contributed by atoms with Gasteiger partial charge in [0.25, 0.3) is 5.82 Å². The molecular weight excluding hydrogens is 334 g/mol. The third-order valence-electron chi connectivity index (χ3n) is 4.99. The molecule has 0 aliphatic carbocycles. The Bertz CT molecular complexity index is 877. The van der Waals surface area contributed by atoms with Gasteiger partial charge in [0.1, 0.15) is 38.5 Å². The summed E-state index contributed by atoms with van der Waals surface area (Å²) in [5.74, 6) is 1.53. The molecule has 1 aliphatic heterocycles. The van der Waals surface area contributed by atoms with Crippen molar-refractivity contribution >= 4 is 28.2 Å². The maximum Gasteiger partial charge on any atom is 0.274 e. The minimum absolute atomic E-state index is 0.367. The second-order valence-electron chi connectivity index (χ2n) is 6.57. The molecule has 0 atom stereocenters. The molecule has 0 saturated carbocycles. The molecule has 4 rings (SSSR count). The van der Waals surface area contributed by atoms with Gasteiger partial charge in [0.15, 0.2) is 0 Å². The normalized spacial score (nSPS) is 15.6. The molecule has 2 aromatic carbocycles. The molecular formula is C20H22ClN3O+2. The Kier molecular flexibility index (Phi) is 4.47. The van der Waals surface area contributed by atoms with E-state index in [1.165, 1.54) is 4.90 Å². The zero-order chi connectivity index (χ0) is 17.2. The molecule has 0 radical (unpaired) electrons. The van der Waals surface area contributed by atoms with Crippen molar-refractivity contribution < 1.29 is 15.0 Å². The first-order chi connectivity index (χ1) is 12.2. The SMILES string of the molecule is Oc1c(C[NH+]2CCN(c3cccc[nH+]3)CC2)cc(Cl)c2ccccc12. The summed E-state index contributed by atoms with van der Waals surface area (Å²) in [6.07, 6.45) is 1.96. The third-order valence-corrected chi connectivity index (χ3v) is 5.30. The summed E-state index contributed by atoms with van der Waals surface area (Å²) in [5, 5.41) is 13.1. The van der Waals surface area contributed by atoms with Crippen LogP contribution in [0.3, 0.4) is 0 Å². The van der Waals surface area contributed by atoms with Crippen molar-refractivity contribution in [1.82, 2.24) is 0 Å². The van der Waals surface area contributed by atoms with E-state index in [2.05, 4.69) is 22.0 Å². The average Bonchev–Trinajstić information content (AvgIpc) is 2.67. The number of aromatic hydroxyl groups is 1. The van der Waals surface area contributed by atoms with Gasteiger partial charge in [-0.25, -0.2) is 4.98 Å². The number of hydrogen-bond donors (Lipinski definition) is 2. The lowest BCUT2D eigenvalue weighted by atomic mass is 10.0. The summed E-state index contributed by atoms with van der Waals surface area (Å²) < 4.78 is 0. The van der Waals surface area contributed by atoms with E-state index in [1.54, 1.807) is 0 Å². The number of halogens is 1. The van der Waals surface area contributed by atoms with E-state index in [9.17, 15) is 5.11 Å². The molecule has 3 aromatic rings. The zero-order valence-electron chi connectivity index (χ0n) is 14.0. The van der Waals surface area contributed by atoms with Gasteiger partial charge in [0, 0.05) is 21.9 Å². The van der Waals surface area contributed by atoms with Crippen LogP contribution in [0, 0.1) is 0 Å². The fourth-order valence-corrected chi connectivity index (χ4v) is 3.89. The van der Waals surface area contributed by atoms with Gasteiger partial charge in [-0.15, -0.1) is 0 Å². The zero-order valence-corrected chi connectivity index (χ0v) is 14.8. The smallest absolute Gasteiger partial charge is 0.274 e. The van der Waals surface area contributed by atoms with Gasteiger partial charge < -0.3 is 10.0 Å². The number of nitrogens with one attached hydrogen (secondary N) is 2. The predicted molar refractivity (Wildman–Crippen MR) is 100 cm³/mol. The summed E-state index contributed by atoms with van der Waals surface area (Å²) in [5.41, 5.74) is 0.929. The van der Waals surface area contributed by atoms with Gasteiger partial charge in [0.2, 0.25) is 0 Å². The number of fused-ring (bicyclic) bond motifs is 1. The molecule has 1 fully saturated rings. The molecule has 0 amide bonds. The van der Waals surface area contributed by atoms with Crippen molar-refractivity contribution in [2.24, 2.45) is 0 Å². The molecule has 0 bridgehead atoms. The van der Waals surface area contributed by atoms with Crippen molar-refractivity contribution in [3.05, 3.63) is 65.3 Å². The van der Waals surface area contributed by atoms with Crippen LogP contribution in [-0.4, -0.2) is 31.3 Å². The van der Waals surface area contributed by atoms with Crippen LogP contribution in [0.5, 0.6) is 5.75 Å². The van der Waals surface area contributed by atoms with Crippen molar-refractivity contribution in [3.63, 3.8) is 0 Å². The van der Waals surface area contributed by atoms with Crippen LogP contribution in [0.1, 0.15) is 5.56 Å². The Morgan fingerprint density at radius 1 is 1.04 bits per heavy atom. The van der Waals surface area contributed by atoms with Crippen LogP contribution >= 0.6 is 11.6 Å². The summed E-state index contributed by atoms with van der Waals surface area (Å²) in [6.45, 7) is 4.86. The highest BCUT2D eigenvalue weighted by molar-refractivity contribution is 6.35. The van der Waals surface area contributed by atoms with Gasteiger partial charge in [-0.05, 0) is 12.1 Å². The van der Waals surface area contributed by atoms with Gasteiger partial charge in [-0.1, -0.05) is 41.9 Å². The molecule has 4 nitrogen and oxygen atoms in total. The number of nitrogens with zero attached hydrogens (tertiary/aromatic N) is 1. The number of quaternary nitrogens is 1. The van der Waals surface area contributed by atoms with E-state index in [-0.39, 0.29) is 0 Å². The molecule has 3 N–H and O–H groups in total. The summed E-state index contributed by atoms with van der Waals surface area (Å²) >= 11 is 6.42. The fraction of sp³-hybridized carbons (Fsp3) is 0.250. The number of rotatable bonds is 3. The maximum atomic E-state index is 10.6. The lowest BCUT2D eigenvalue weighted by Gasteiger charge is -2.28. The molecule has 0 unspecified atom stereocenters. The van der Waals surface area contributed by atoms with Crippen molar-refractivity contribution in [1.29, 1.82) is 0 Å². The quantitative estimate of drug-likeness (QED) is 0.753. The summed E-state index contributed by atoms with van der Waals surface area (Å²) in [6, 6.07) is 15.8. The highest BCUT2D eigenvalue weighted by Gasteiger charge is 2.26. The number of anilines is 1. The fourth-order valence-electron chi connectivity index (χ4n) is 3.60. The standard InChI is InChI=1S/C20H20ClN3O/c21-18-13-15(20(25)17-6-2-1-5-16(17)18)14-23-9-11-24(12-10-23)19-7-3-4-8-22-19/h1-8,13,25H,9-12,14H2/p+2. The lowest BCUT2D eigenvalue weighted by Crippen LogP contribution is -3.13. The van der Waals surface area contributed by atoms with Crippen molar-refractivity contribution in [2.45, 2.75) is 6.54 Å². The molecule has 0 spiro atoms. The van der Waals surface area contributed by atoms with Crippen LogP contribution in [-0.2, 0) is 6.54 Å². The maximum absolute atomic E-state index is 10.6. The molecule has 25 heavy (non-hydrogen) atoms. The number of aromatic amines is 1. The predicted octanol–water partition coefficient (Wildman–Crippen LogP) is 1.92. The van der Waals surface area contributed by atoms with E-state index < -0.39 is 0 Å². The van der Waals surface area contributed by atoms with E-state index in [4.69, 9.17) is 11.6 Å². The van der Waals surface area contributed by atoms with E-state index in [0.717, 1.165) is 54.9 Å². The van der Waals surface area contributed by atoms with E-state index in [0.29, 0.717) is 10.8 Å². The Balaban J connectivity index is 1.49. The lowest BCUT2D eigenvalue weighted by molar-refractivity contribution is -0.914. The van der Waals surface area contributed by atoms with Crippen molar-refractivity contribution in [2.75, 3.05) is 31.1 Å². The second-order valence-corrected chi connectivity index (χ2v) is 6.98. The Morgan fingerprint density at radius 3 is 2.48 bits per heavy atom. The number of hydrogen-bond acceptors (Lipinski definition) is 2. The number of piperazine rings is 1. The van der Waals surface area contributed by atoms with Crippen LogP contribution in [0.4, 0.5) is 5.82 Å². The highest BCUT2D eigenvalue weighted by atomic mass is 35.5. The number of benzene rings is 2. The first kappa shape index (κ1) is 16.2. The number of phenolic OH excluding ortho intramolecular Hbond substituents is 1. The van der Waals surface area contributed by atoms with Crippen LogP contribution < -0.4 is 14.8 Å². The van der Waals surface area contributed by atoms with Crippen LogP contribution in [0.15, 0.2) is 54.7 Å². The van der Waals surface area contributed by atoms with Gasteiger partial charge in [-0.3, -0.25) is 4.90 Å². The number of H-pyrrole nitrogens is 1. The van der Waals surface area contributed by atoms with E-state index in [1.807, 2.05) is 42.6 Å². The minimum atomic E-state index is 0.367. The monoisotopic (exact) mass is 355 g/mol. The van der Waals surface area contributed by atoms with Gasteiger partial charge in [-0.2, -0.15) is 0 Å².